The first kappa shape index (κ1) is 10.0. The van der Waals surface area contributed by atoms with Crippen molar-refractivity contribution in [2.24, 2.45) is 7.05 Å². The Morgan fingerprint density at radius 3 is 2.87 bits per heavy atom. The summed E-state index contributed by atoms with van der Waals surface area (Å²) in [6, 6.07) is 0. The van der Waals surface area contributed by atoms with Crippen molar-refractivity contribution in [3.63, 3.8) is 0 Å². The summed E-state index contributed by atoms with van der Waals surface area (Å²) < 4.78 is 2.37. The molecule has 1 N–H and O–H groups in total. The molecule has 0 unspecified atom stereocenters. The minimum absolute atomic E-state index is 0.587. The molecule has 0 aliphatic heterocycles. The maximum Gasteiger partial charge on any atom is 0.144 e. The van der Waals surface area contributed by atoms with Crippen LogP contribution in [0.3, 0.4) is 0 Å². The molecule has 2 aromatic rings. The van der Waals surface area contributed by atoms with Gasteiger partial charge in [-0.1, -0.05) is 5.21 Å². The normalized spacial score (nSPS) is 10.3. The first-order chi connectivity index (χ1) is 7.24. The molecule has 0 saturated heterocycles. The van der Waals surface area contributed by atoms with Crippen molar-refractivity contribution in [3.05, 3.63) is 28.9 Å². The van der Waals surface area contributed by atoms with Crippen LogP contribution in [0.4, 0.5) is 5.82 Å². The van der Waals surface area contributed by atoms with Gasteiger partial charge >= 0.3 is 0 Å². The van der Waals surface area contributed by atoms with E-state index in [1.165, 1.54) is 0 Å². The van der Waals surface area contributed by atoms with Gasteiger partial charge in [-0.15, -0.1) is 5.10 Å². The summed E-state index contributed by atoms with van der Waals surface area (Å²) in [5.41, 5.74) is 0.863. The van der Waals surface area contributed by atoms with Crippen LogP contribution in [0.2, 0.25) is 0 Å². The molecule has 0 bridgehead atoms. The maximum absolute atomic E-state index is 4.12. The molecule has 0 saturated carbocycles. The monoisotopic (exact) mass is 268 g/mol. The highest BCUT2D eigenvalue weighted by Gasteiger charge is 1.99. The van der Waals surface area contributed by atoms with E-state index >= 15 is 0 Å². The van der Waals surface area contributed by atoms with Gasteiger partial charge in [-0.2, -0.15) is 0 Å². The van der Waals surface area contributed by atoms with E-state index in [2.05, 4.69) is 41.5 Å². The third-order valence-electron chi connectivity index (χ3n) is 1.72. The molecule has 0 aliphatic carbocycles. The Balaban J connectivity index is 1.96. The average Bonchev–Trinajstić information content (AvgIpc) is 2.64. The number of rotatable bonds is 3. The minimum atomic E-state index is 0.587. The van der Waals surface area contributed by atoms with Gasteiger partial charge in [0.15, 0.2) is 0 Å². The Kier molecular flexibility index (Phi) is 2.91. The topological polar surface area (TPSA) is 68.5 Å². The van der Waals surface area contributed by atoms with Crippen molar-refractivity contribution < 1.29 is 0 Å². The van der Waals surface area contributed by atoms with Gasteiger partial charge in [0.25, 0.3) is 0 Å². The summed E-state index contributed by atoms with van der Waals surface area (Å²) in [7, 11) is 1.83. The summed E-state index contributed by atoms with van der Waals surface area (Å²) in [6.45, 7) is 0.587. The quantitative estimate of drug-likeness (QED) is 0.899. The van der Waals surface area contributed by atoms with E-state index in [1.807, 2.05) is 13.2 Å². The van der Waals surface area contributed by atoms with Crippen molar-refractivity contribution in [1.29, 1.82) is 0 Å². The van der Waals surface area contributed by atoms with Crippen LogP contribution in [0.1, 0.15) is 5.69 Å². The molecule has 6 nitrogen and oxygen atoms in total. The predicted octanol–water partition coefficient (Wildman–Crippen LogP) is 0.980. The van der Waals surface area contributed by atoms with Gasteiger partial charge in [0.05, 0.1) is 18.9 Å². The van der Waals surface area contributed by atoms with Crippen LogP contribution in [-0.2, 0) is 13.6 Å². The van der Waals surface area contributed by atoms with Gasteiger partial charge in [0.1, 0.15) is 16.1 Å². The van der Waals surface area contributed by atoms with E-state index in [0.29, 0.717) is 17.0 Å². The number of aryl methyl sites for hydroxylation is 1. The minimum Gasteiger partial charge on any atom is -0.363 e. The number of hydrogen-bond acceptors (Lipinski definition) is 5. The standard InChI is InChI=1S/C8H9BrN6/c1-15-5-6(13-14-15)2-11-8-4-10-7(9)3-12-8/h3-5H,2H2,1H3,(H,11,12). The molecule has 78 valence electrons. The van der Waals surface area contributed by atoms with Crippen molar-refractivity contribution >= 4 is 21.7 Å². The molecule has 0 spiro atoms. The van der Waals surface area contributed by atoms with E-state index in [4.69, 9.17) is 0 Å². The van der Waals surface area contributed by atoms with Crippen LogP contribution >= 0.6 is 15.9 Å². The number of aromatic nitrogens is 5. The highest BCUT2D eigenvalue weighted by atomic mass is 79.9. The van der Waals surface area contributed by atoms with E-state index in [1.54, 1.807) is 17.1 Å². The van der Waals surface area contributed by atoms with Gasteiger partial charge in [-0.3, -0.25) is 4.68 Å². The summed E-state index contributed by atoms with van der Waals surface area (Å²) >= 11 is 3.22. The molecular weight excluding hydrogens is 260 g/mol. The molecule has 0 fully saturated rings. The molecule has 2 heterocycles. The second-order valence-corrected chi connectivity index (χ2v) is 3.77. The zero-order valence-corrected chi connectivity index (χ0v) is 9.64. The first-order valence-corrected chi connectivity index (χ1v) is 5.10. The summed E-state index contributed by atoms with van der Waals surface area (Å²) in [4.78, 5) is 8.17. The average molecular weight is 269 g/mol. The fraction of sp³-hybridized carbons (Fsp3) is 0.250. The van der Waals surface area contributed by atoms with Gasteiger partial charge in [0, 0.05) is 13.2 Å². The number of nitrogens with zero attached hydrogens (tertiary/aromatic N) is 5. The fourth-order valence-electron chi connectivity index (χ4n) is 1.06. The molecule has 0 atom stereocenters. The van der Waals surface area contributed by atoms with Crippen molar-refractivity contribution in [2.75, 3.05) is 5.32 Å². The van der Waals surface area contributed by atoms with E-state index in [0.717, 1.165) is 5.69 Å². The second kappa shape index (κ2) is 4.35. The lowest BCUT2D eigenvalue weighted by Gasteiger charge is -2.01. The van der Waals surface area contributed by atoms with Gasteiger partial charge in [-0.05, 0) is 15.9 Å². The van der Waals surface area contributed by atoms with E-state index in [9.17, 15) is 0 Å². The van der Waals surface area contributed by atoms with Crippen LogP contribution < -0.4 is 5.32 Å². The molecule has 2 rings (SSSR count). The predicted molar refractivity (Wildman–Crippen MR) is 58.1 cm³/mol. The summed E-state index contributed by atoms with van der Waals surface area (Å²) in [6.07, 6.45) is 5.14. The zero-order chi connectivity index (χ0) is 10.7. The van der Waals surface area contributed by atoms with E-state index < -0.39 is 0 Å². The van der Waals surface area contributed by atoms with Gasteiger partial charge < -0.3 is 5.32 Å². The van der Waals surface area contributed by atoms with Gasteiger partial charge in [0.2, 0.25) is 0 Å². The van der Waals surface area contributed by atoms with Crippen molar-refractivity contribution in [2.45, 2.75) is 6.54 Å². The van der Waals surface area contributed by atoms with Crippen LogP contribution in [0, 0.1) is 0 Å². The largest absolute Gasteiger partial charge is 0.363 e. The molecule has 0 radical (unpaired) electrons. The zero-order valence-electron chi connectivity index (χ0n) is 8.05. The molecule has 2 aromatic heterocycles. The maximum atomic E-state index is 4.12. The van der Waals surface area contributed by atoms with Gasteiger partial charge in [-0.25, -0.2) is 9.97 Å². The second-order valence-electron chi connectivity index (χ2n) is 2.96. The lowest BCUT2D eigenvalue weighted by atomic mass is 10.4. The lowest BCUT2D eigenvalue weighted by Crippen LogP contribution is -2.02. The smallest absolute Gasteiger partial charge is 0.144 e. The highest BCUT2D eigenvalue weighted by molar-refractivity contribution is 9.10. The van der Waals surface area contributed by atoms with Crippen molar-refractivity contribution in [1.82, 2.24) is 25.0 Å². The number of halogens is 1. The third-order valence-corrected chi connectivity index (χ3v) is 2.13. The molecule has 0 amide bonds. The Labute approximate surface area is 94.9 Å². The summed E-state index contributed by atoms with van der Waals surface area (Å²) in [5.74, 6) is 0.712. The van der Waals surface area contributed by atoms with E-state index in [-0.39, 0.29) is 0 Å². The first-order valence-electron chi connectivity index (χ1n) is 4.30. The molecule has 15 heavy (non-hydrogen) atoms. The number of anilines is 1. The highest BCUT2D eigenvalue weighted by Crippen LogP contribution is 2.06. The Morgan fingerprint density at radius 2 is 2.27 bits per heavy atom. The molecule has 7 heteroatoms. The Hall–Kier alpha value is -1.50. The Bertz CT molecular complexity index is 437. The molecular formula is C8H9BrN6. The number of nitrogens with one attached hydrogen (secondary N) is 1. The van der Waals surface area contributed by atoms with Crippen LogP contribution in [-0.4, -0.2) is 25.0 Å². The molecule has 0 aromatic carbocycles. The van der Waals surface area contributed by atoms with Crippen LogP contribution in [0.5, 0.6) is 0 Å². The van der Waals surface area contributed by atoms with Crippen LogP contribution in [0.15, 0.2) is 23.2 Å². The third kappa shape index (κ3) is 2.72. The number of hydrogen-bond donors (Lipinski definition) is 1. The van der Waals surface area contributed by atoms with Crippen molar-refractivity contribution in [3.8, 4) is 0 Å². The SMILES string of the molecule is Cn1cc(CNc2cnc(Br)cn2)nn1. The summed E-state index contributed by atoms with van der Waals surface area (Å²) in [5, 5.41) is 10.9. The fourth-order valence-corrected chi connectivity index (χ4v) is 1.27. The van der Waals surface area contributed by atoms with Crippen LogP contribution in [0.25, 0.3) is 0 Å². The molecule has 0 aliphatic rings. The lowest BCUT2D eigenvalue weighted by molar-refractivity contribution is 0.713. The Morgan fingerprint density at radius 1 is 1.40 bits per heavy atom.